The van der Waals surface area contributed by atoms with Crippen molar-refractivity contribution < 1.29 is 4.92 Å². The van der Waals surface area contributed by atoms with Crippen molar-refractivity contribution in [3.05, 3.63) is 70.8 Å². The summed E-state index contributed by atoms with van der Waals surface area (Å²) in [4.78, 5) is 10.7. The second kappa shape index (κ2) is 5.09. The van der Waals surface area contributed by atoms with E-state index in [9.17, 15) is 10.1 Å². The van der Waals surface area contributed by atoms with Gasteiger partial charge in [-0.3, -0.25) is 10.1 Å². The van der Waals surface area contributed by atoms with Crippen LogP contribution in [0.1, 0.15) is 0 Å². The first kappa shape index (κ1) is 12.9. The second-order valence-corrected chi connectivity index (χ2v) is 4.48. The van der Waals surface area contributed by atoms with Crippen LogP contribution < -0.4 is 5.73 Å². The molecule has 0 aliphatic rings. The van der Waals surface area contributed by atoms with Gasteiger partial charge in [-0.2, -0.15) is 5.10 Å². The molecular weight excluding hydrogens is 268 g/mol. The molecule has 0 radical (unpaired) electrons. The van der Waals surface area contributed by atoms with E-state index < -0.39 is 4.92 Å². The number of nitro benzene ring substituents is 1. The van der Waals surface area contributed by atoms with E-state index >= 15 is 0 Å². The standard InChI is InChI=1S/C15H12N4O2/c16-15-10-13(12-8-4-5-9-14(12)19(20)21)17-18(15)11-6-2-1-3-7-11/h1-10H,16H2. The average Bonchev–Trinajstić information content (AvgIpc) is 2.90. The van der Waals surface area contributed by atoms with E-state index in [1.54, 1.807) is 28.9 Å². The van der Waals surface area contributed by atoms with Gasteiger partial charge < -0.3 is 5.73 Å². The highest BCUT2D eigenvalue weighted by molar-refractivity contribution is 5.72. The maximum absolute atomic E-state index is 11.1. The van der Waals surface area contributed by atoms with Gasteiger partial charge in [0.1, 0.15) is 11.5 Å². The van der Waals surface area contributed by atoms with Crippen LogP contribution in [-0.4, -0.2) is 14.7 Å². The molecule has 0 saturated heterocycles. The molecule has 2 N–H and O–H groups in total. The Labute approximate surface area is 120 Å². The van der Waals surface area contributed by atoms with Gasteiger partial charge in [0.05, 0.1) is 16.2 Å². The lowest BCUT2D eigenvalue weighted by atomic mass is 10.1. The molecule has 1 aromatic heterocycles. The fraction of sp³-hybridized carbons (Fsp3) is 0. The molecule has 3 rings (SSSR count). The van der Waals surface area contributed by atoms with Crippen LogP contribution in [0.4, 0.5) is 11.5 Å². The van der Waals surface area contributed by atoms with Crippen LogP contribution in [0.5, 0.6) is 0 Å². The predicted molar refractivity (Wildman–Crippen MR) is 80.1 cm³/mol. The number of nitro groups is 1. The fourth-order valence-corrected chi connectivity index (χ4v) is 2.15. The number of nitrogens with two attached hydrogens (primary N) is 1. The van der Waals surface area contributed by atoms with Gasteiger partial charge in [0, 0.05) is 12.1 Å². The van der Waals surface area contributed by atoms with E-state index in [-0.39, 0.29) is 5.69 Å². The van der Waals surface area contributed by atoms with Crippen molar-refractivity contribution in [1.82, 2.24) is 9.78 Å². The maximum Gasteiger partial charge on any atom is 0.278 e. The van der Waals surface area contributed by atoms with Crippen LogP contribution in [0.3, 0.4) is 0 Å². The zero-order chi connectivity index (χ0) is 14.8. The highest BCUT2D eigenvalue weighted by Gasteiger charge is 2.18. The number of rotatable bonds is 3. The normalized spacial score (nSPS) is 10.5. The molecule has 0 saturated carbocycles. The van der Waals surface area contributed by atoms with Gasteiger partial charge in [-0.25, -0.2) is 4.68 Å². The number of anilines is 1. The summed E-state index contributed by atoms with van der Waals surface area (Å²) in [5.41, 5.74) is 7.71. The SMILES string of the molecule is Nc1cc(-c2ccccc2[N+](=O)[O-])nn1-c1ccccc1. The summed E-state index contributed by atoms with van der Waals surface area (Å²) in [5, 5.41) is 15.5. The Morgan fingerprint density at radius 1 is 1.05 bits per heavy atom. The van der Waals surface area contributed by atoms with Crippen molar-refractivity contribution in [2.45, 2.75) is 0 Å². The lowest BCUT2D eigenvalue weighted by Crippen LogP contribution is -2.01. The molecule has 6 nitrogen and oxygen atoms in total. The third-order valence-electron chi connectivity index (χ3n) is 3.11. The van der Waals surface area contributed by atoms with Gasteiger partial charge in [0.25, 0.3) is 5.69 Å². The first-order valence-corrected chi connectivity index (χ1v) is 6.31. The zero-order valence-corrected chi connectivity index (χ0v) is 11.0. The number of nitrogen functional groups attached to an aromatic ring is 1. The highest BCUT2D eigenvalue weighted by atomic mass is 16.6. The van der Waals surface area contributed by atoms with Gasteiger partial charge in [-0.15, -0.1) is 0 Å². The van der Waals surface area contributed by atoms with Crippen molar-refractivity contribution in [2.24, 2.45) is 0 Å². The topological polar surface area (TPSA) is 87.0 Å². The Morgan fingerprint density at radius 2 is 1.71 bits per heavy atom. The molecule has 1 heterocycles. The zero-order valence-electron chi connectivity index (χ0n) is 11.0. The second-order valence-electron chi connectivity index (χ2n) is 4.48. The van der Waals surface area contributed by atoms with E-state index in [4.69, 9.17) is 5.73 Å². The Balaban J connectivity index is 2.12. The largest absolute Gasteiger partial charge is 0.384 e. The quantitative estimate of drug-likeness (QED) is 0.590. The highest BCUT2D eigenvalue weighted by Crippen LogP contribution is 2.30. The molecule has 0 atom stereocenters. The van der Waals surface area contributed by atoms with Gasteiger partial charge in [-0.1, -0.05) is 30.3 Å². The van der Waals surface area contributed by atoms with E-state index in [1.165, 1.54) is 6.07 Å². The van der Waals surface area contributed by atoms with Crippen molar-refractivity contribution in [1.29, 1.82) is 0 Å². The number of hydrogen-bond acceptors (Lipinski definition) is 4. The first-order valence-electron chi connectivity index (χ1n) is 6.31. The van der Waals surface area contributed by atoms with Crippen LogP contribution >= 0.6 is 0 Å². The van der Waals surface area contributed by atoms with Crippen LogP contribution in [0.15, 0.2) is 60.7 Å². The Kier molecular flexibility index (Phi) is 3.12. The van der Waals surface area contributed by atoms with Gasteiger partial charge >= 0.3 is 0 Å². The number of para-hydroxylation sites is 2. The van der Waals surface area contributed by atoms with E-state index in [2.05, 4.69) is 5.10 Å². The van der Waals surface area contributed by atoms with E-state index in [0.29, 0.717) is 17.1 Å². The van der Waals surface area contributed by atoms with E-state index in [0.717, 1.165) is 5.69 Å². The van der Waals surface area contributed by atoms with Gasteiger partial charge in [-0.05, 0) is 18.2 Å². The van der Waals surface area contributed by atoms with Crippen molar-refractivity contribution in [3.8, 4) is 16.9 Å². The predicted octanol–water partition coefficient (Wildman–Crippen LogP) is 3.03. The average molecular weight is 280 g/mol. The summed E-state index contributed by atoms with van der Waals surface area (Å²) in [6.45, 7) is 0. The summed E-state index contributed by atoms with van der Waals surface area (Å²) in [5.74, 6) is 0.425. The third kappa shape index (κ3) is 2.34. The molecule has 6 heteroatoms. The molecule has 0 spiro atoms. The lowest BCUT2D eigenvalue weighted by Gasteiger charge is -2.02. The van der Waals surface area contributed by atoms with Crippen molar-refractivity contribution >= 4 is 11.5 Å². The minimum atomic E-state index is -0.424. The number of hydrogen-bond donors (Lipinski definition) is 1. The summed E-state index contributed by atoms with van der Waals surface area (Å²) in [6.07, 6.45) is 0. The van der Waals surface area contributed by atoms with Gasteiger partial charge in [0.15, 0.2) is 0 Å². The summed E-state index contributed by atoms with van der Waals surface area (Å²) in [7, 11) is 0. The fourth-order valence-electron chi connectivity index (χ4n) is 2.15. The monoisotopic (exact) mass is 280 g/mol. The van der Waals surface area contributed by atoms with Crippen LogP contribution in [0.2, 0.25) is 0 Å². The molecule has 0 amide bonds. The molecule has 0 aliphatic carbocycles. The van der Waals surface area contributed by atoms with E-state index in [1.807, 2.05) is 30.3 Å². The third-order valence-corrected chi connectivity index (χ3v) is 3.11. The Morgan fingerprint density at radius 3 is 2.43 bits per heavy atom. The lowest BCUT2D eigenvalue weighted by molar-refractivity contribution is -0.384. The van der Waals surface area contributed by atoms with Gasteiger partial charge in [0.2, 0.25) is 0 Å². The van der Waals surface area contributed by atoms with Crippen LogP contribution in [0, 0.1) is 10.1 Å². The molecular formula is C15H12N4O2. The summed E-state index contributed by atoms with van der Waals surface area (Å²) in [6, 6.07) is 17.5. The van der Waals surface area contributed by atoms with Crippen LogP contribution in [0.25, 0.3) is 16.9 Å². The van der Waals surface area contributed by atoms with Crippen molar-refractivity contribution in [3.63, 3.8) is 0 Å². The minimum absolute atomic E-state index is 0.00946. The first-order chi connectivity index (χ1) is 10.2. The molecule has 21 heavy (non-hydrogen) atoms. The van der Waals surface area contributed by atoms with Crippen LogP contribution in [-0.2, 0) is 0 Å². The molecule has 3 aromatic rings. The summed E-state index contributed by atoms with van der Waals surface area (Å²) < 4.78 is 1.56. The van der Waals surface area contributed by atoms with Crippen molar-refractivity contribution in [2.75, 3.05) is 5.73 Å². The minimum Gasteiger partial charge on any atom is -0.384 e. The number of aromatic nitrogens is 2. The maximum atomic E-state index is 11.1. The smallest absolute Gasteiger partial charge is 0.278 e. The molecule has 104 valence electrons. The number of benzene rings is 2. The molecule has 0 fully saturated rings. The Bertz CT molecular complexity index is 796. The molecule has 2 aromatic carbocycles. The molecule has 0 aliphatic heterocycles. The molecule has 0 unspecified atom stereocenters. The number of nitrogens with zero attached hydrogens (tertiary/aromatic N) is 3. The summed E-state index contributed by atoms with van der Waals surface area (Å²) >= 11 is 0. The molecule has 0 bridgehead atoms. The Hall–Kier alpha value is -3.15.